The highest BCUT2D eigenvalue weighted by Crippen LogP contribution is 2.38. The fraction of sp³-hybridized carbons (Fsp3) is 0.619. The maximum atomic E-state index is 5.70. The molecule has 1 atom stereocenters. The van der Waals surface area contributed by atoms with Crippen LogP contribution in [0.25, 0.3) is 0 Å². The van der Waals surface area contributed by atoms with Crippen molar-refractivity contribution in [3.8, 4) is 0 Å². The van der Waals surface area contributed by atoms with Gasteiger partial charge in [-0.1, -0.05) is 47.1 Å². The molecule has 6 heteroatoms. The van der Waals surface area contributed by atoms with Crippen molar-refractivity contribution in [2.45, 2.75) is 52.5 Å². The summed E-state index contributed by atoms with van der Waals surface area (Å²) in [6, 6.07) is 9.07. The summed E-state index contributed by atoms with van der Waals surface area (Å²) in [5.74, 6) is 1.09. The third kappa shape index (κ3) is 4.06. The predicted molar refractivity (Wildman–Crippen MR) is 113 cm³/mol. The molecule has 0 N–H and O–H groups in total. The highest BCUT2D eigenvalue weighted by atomic mass is 79.9. The molecule has 1 fully saturated rings. The Morgan fingerprint density at radius 2 is 1.59 bits per heavy atom. The van der Waals surface area contributed by atoms with Gasteiger partial charge in [0, 0.05) is 36.2 Å². The fourth-order valence-electron chi connectivity index (χ4n) is 3.64. The van der Waals surface area contributed by atoms with E-state index < -0.39 is 0 Å². The lowest BCUT2D eigenvalue weighted by Gasteiger charge is -2.41. The summed E-state index contributed by atoms with van der Waals surface area (Å²) >= 11 is 3.52. The van der Waals surface area contributed by atoms with Crippen molar-refractivity contribution in [1.29, 1.82) is 0 Å². The Morgan fingerprint density at radius 1 is 1.00 bits per heavy atom. The van der Waals surface area contributed by atoms with Gasteiger partial charge in [-0.3, -0.25) is 4.90 Å². The Bertz CT molecular complexity index is 757. The first-order chi connectivity index (χ1) is 12.6. The summed E-state index contributed by atoms with van der Waals surface area (Å²) in [5, 5.41) is 4.40. The topological polar surface area (TPSA) is 45.4 Å². The van der Waals surface area contributed by atoms with Crippen LogP contribution in [0.1, 0.15) is 52.9 Å². The Hall–Kier alpha value is -1.40. The number of hydrogen-bond donors (Lipinski definition) is 0. The van der Waals surface area contributed by atoms with E-state index in [1.165, 1.54) is 5.56 Å². The van der Waals surface area contributed by atoms with Crippen LogP contribution in [0.5, 0.6) is 0 Å². The van der Waals surface area contributed by atoms with Gasteiger partial charge in [0.2, 0.25) is 0 Å². The lowest BCUT2D eigenvalue weighted by atomic mass is 9.73. The van der Waals surface area contributed by atoms with Gasteiger partial charge in [0.05, 0.1) is 5.41 Å². The predicted octanol–water partition coefficient (Wildman–Crippen LogP) is 4.71. The molecule has 3 rings (SSSR count). The zero-order valence-corrected chi connectivity index (χ0v) is 18.9. The molecule has 1 aromatic carbocycles. The molecule has 27 heavy (non-hydrogen) atoms. The van der Waals surface area contributed by atoms with Crippen molar-refractivity contribution in [3.63, 3.8) is 0 Å². The first-order valence-corrected chi connectivity index (χ1v) is 10.5. The lowest BCUT2D eigenvalue weighted by molar-refractivity contribution is 0.126. The quantitative estimate of drug-likeness (QED) is 0.696. The second kappa shape index (κ2) is 7.55. The molecule has 0 aliphatic carbocycles. The molecular weight excluding hydrogens is 404 g/mol. The number of aromatic nitrogens is 2. The molecule has 148 valence electrons. The summed E-state index contributed by atoms with van der Waals surface area (Å²) in [4.78, 5) is 9.54. The Labute approximate surface area is 171 Å². The number of nitrogens with zero attached hydrogens (tertiary/aromatic N) is 4. The average molecular weight is 435 g/mol. The number of piperazine rings is 1. The van der Waals surface area contributed by atoms with Gasteiger partial charge in [-0.2, -0.15) is 4.98 Å². The highest BCUT2D eigenvalue weighted by Gasteiger charge is 2.38. The summed E-state index contributed by atoms with van der Waals surface area (Å²) in [7, 11) is 0. The largest absolute Gasteiger partial charge is 0.324 e. The third-order valence-electron chi connectivity index (χ3n) is 5.98. The van der Waals surface area contributed by atoms with Crippen LogP contribution in [0.15, 0.2) is 33.3 Å². The van der Waals surface area contributed by atoms with E-state index in [0.717, 1.165) is 36.5 Å². The van der Waals surface area contributed by atoms with E-state index in [-0.39, 0.29) is 11.0 Å². The summed E-state index contributed by atoms with van der Waals surface area (Å²) in [6.45, 7) is 17.3. The van der Waals surface area contributed by atoms with Crippen molar-refractivity contribution in [3.05, 3.63) is 40.1 Å². The second-order valence-corrected chi connectivity index (χ2v) is 9.83. The van der Waals surface area contributed by atoms with E-state index in [2.05, 4.69) is 96.7 Å². The highest BCUT2D eigenvalue weighted by molar-refractivity contribution is 9.10. The van der Waals surface area contributed by atoms with Gasteiger partial charge in [-0.25, -0.2) is 0 Å². The van der Waals surface area contributed by atoms with Crippen LogP contribution in [0, 0.1) is 5.92 Å². The molecule has 1 aliphatic rings. The van der Waals surface area contributed by atoms with Crippen LogP contribution >= 0.6 is 15.9 Å². The maximum Gasteiger partial charge on any atom is 0.324 e. The minimum absolute atomic E-state index is 0.198. The van der Waals surface area contributed by atoms with Crippen molar-refractivity contribution in [1.82, 2.24) is 15.0 Å². The van der Waals surface area contributed by atoms with Crippen molar-refractivity contribution in [2.24, 2.45) is 5.92 Å². The van der Waals surface area contributed by atoms with Gasteiger partial charge in [-0.15, -0.1) is 0 Å². The molecule has 0 saturated carbocycles. The smallest absolute Gasteiger partial charge is 0.322 e. The molecule has 0 radical (unpaired) electrons. The first kappa shape index (κ1) is 20.3. The number of hydrogen-bond acceptors (Lipinski definition) is 5. The van der Waals surface area contributed by atoms with E-state index in [1.807, 2.05) is 0 Å². The van der Waals surface area contributed by atoms with Crippen LogP contribution in [0.4, 0.5) is 6.01 Å². The molecular formula is C21H31BrN4O. The maximum absolute atomic E-state index is 5.70. The number of halogens is 1. The molecule has 0 amide bonds. The van der Waals surface area contributed by atoms with E-state index in [4.69, 9.17) is 9.51 Å². The number of benzene rings is 1. The van der Waals surface area contributed by atoms with Crippen LogP contribution in [0.3, 0.4) is 0 Å². The van der Waals surface area contributed by atoms with Gasteiger partial charge in [-0.05, 0) is 51.3 Å². The van der Waals surface area contributed by atoms with Crippen molar-refractivity contribution in [2.75, 3.05) is 31.1 Å². The third-order valence-corrected chi connectivity index (χ3v) is 6.51. The monoisotopic (exact) mass is 434 g/mol. The van der Waals surface area contributed by atoms with Crippen molar-refractivity contribution >= 4 is 21.9 Å². The van der Waals surface area contributed by atoms with Gasteiger partial charge in [0.15, 0.2) is 5.82 Å². The Balaban J connectivity index is 1.82. The zero-order valence-electron chi connectivity index (χ0n) is 17.3. The minimum atomic E-state index is -0.296. The van der Waals surface area contributed by atoms with Crippen LogP contribution in [-0.2, 0) is 5.41 Å². The summed E-state index contributed by atoms with van der Waals surface area (Å²) < 4.78 is 6.78. The molecule has 1 aromatic heterocycles. The van der Waals surface area contributed by atoms with Gasteiger partial charge >= 0.3 is 6.01 Å². The first-order valence-electron chi connectivity index (χ1n) is 9.72. The number of anilines is 1. The standard InChI is InChI=1S/C21H31BrN4O/c1-15(2)21(6,16-7-9-17(22)10-8-16)18-23-19(27-24-18)25-11-13-26(14-12-25)20(3,4)5/h7-10,15H,11-14H2,1-6H3. The molecule has 1 saturated heterocycles. The van der Waals surface area contributed by atoms with Gasteiger partial charge < -0.3 is 9.42 Å². The lowest BCUT2D eigenvalue weighted by Crippen LogP contribution is -2.53. The molecule has 5 nitrogen and oxygen atoms in total. The molecule has 2 heterocycles. The molecule has 0 spiro atoms. The van der Waals surface area contributed by atoms with Gasteiger partial charge in [0.25, 0.3) is 0 Å². The van der Waals surface area contributed by atoms with Gasteiger partial charge in [0.1, 0.15) is 0 Å². The fourth-order valence-corrected chi connectivity index (χ4v) is 3.90. The molecule has 2 aromatic rings. The molecule has 1 aliphatic heterocycles. The van der Waals surface area contributed by atoms with Crippen LogP contribution in [-0.4, -0.2) is 46.8 Å². The SMILES string of the molecule is CC(C)C(C)(c1ccc(Br)cc1)c1noc(N2CCN(C(C)(C)C)CC2)n1. The average Bonchev–Trinajstić information content (AvgIpc) is 3.11. The van der Waals surface area contributed by atoms with E-state index in [1.54, 1.807) is 0 Å². The van der Waals surface area contributed by atoms with E-state index in [9.17, 15) is 0 Å². The molecule has 0 bridgehead atoms. The van der Waals surface area contributed by atoms with Crippen LogP contribution in [0.2, 0.25) is 0 Å². The second-order valence-electron chi connectivity index (χ2n) is 8.91. The summed E-state index contributed by atoms with van der Waals surface area (Å²) in [6.07, 6.45) is 0. The van der Waals surface area contributed by atoms with E-state index >= 15 is 0 Å². The van der Waals surface area contributed by atoms with Crippen LogP contribution < -0.4 is 4.90 Å². The van der Waals surface area contributed by atoms with E-state index in [0.29, 0.717) is 11.9 Å². The normalized spacial score (nSPS) is 18.7. The Morgan fingerprint density at radius 3 is 2.11 bits per heavy atom. The number of rotatable bonds is 4. The molecule has 1 unspecified atom stereocenters. The summed E-state index contributed by atoms with van der Waals surface area (Å²) in [5.41, 5.74) is 1.10. The Kier molecular flexibility index (Phi) is 5.69. The zero-order chi connectivity index (χ0) is 19.8. The minimum Gasteiger partial charge on any atom is -0.322 e. The van der Waals surface area contributed by atoms with Crippen molar-refractivity contribution < 1.29 is 4.52 Å².